The molecule has 2 aliphatic rings. The number of aromatic nitrogens is 3. The highest BCUT2D eigenvalue weighted by atomic mass is 19.4. The summed E-state index contributed by atoms with van der Waals surface area (Å²) in [5.41, 5.74) is 4.97. The number of hydrogen-bond acceptors (Lipinski definition) is 4. The van der Waals surface area contributed by atoms with Crippen molar-refractivity contribution in [1.29, 1.82) is 0 Å². The Kier molecular flexibility index (Phi) is 5.40. The zero-order chi connectivity index (χ0) is 24.9. The summed E-state index contributed by atoms with van der Waals surface area (Å²) in [7, 11) is 0. The molecule has 2 amide bonds. The van der Waals surface area contributed by atoms with E-state index in [-0.39, 0.29) is 25.0 Å². The molecule has 1 fully saturated rings. The number of pyridine rings is 1. The van der Waals surface area contributed by atoms with Crippen molar-refractivity contribution in [2.75, 3.05) is 25.0 Å². The number of nitrogens with zero attached hydrogens (tertiary/aromatic N) is 4. The van der Waals surface area contributed by atoms with Crippen molar-refractivity contribution < 1.29 is 18.0 Å². The highest BCUT2D eigenvalue weighted by Gasteiger charge is 2.44. The van der Waals surface area contributed by atoms with E-state index in [0.717, 1.165) is 33.3 Å². The molecule has 1 saturated heterocycles. The van der Waals surface area contributed by atoms with Crippen molar-refractivity contribution in [2.45, 2.75) is 24.7 Å². The highest BCUT2D eigenvalue weighted by molar-refractivity contribution is 6.00. The Hall–Kier alpha value is -3.92. The number of carbonyl (C=O) groups excluding carboxylic acids is 1. The first-order valence-corrected chi connectivity index (χ1v) is 11.7. The summed E-state index contributed by atoms with van der Waals surface area (Å²) < 4.78 is 39.7. The first kappa shape index (κ1) is 22.5. The number of halogens is 3. The third-order valence-corrected chi connectivity index (χ3v) is 6.98. The van der Waals surface area contributed by atoms with E-state index in [4.69, 9.17) is 0 Å². The second-order valence-electron chi connectivity index (χ2n) is 9.31. The number of amides is 2. The van der Waals surface area contributed by atoms with Gasteiger partial charge in [0.25, 0.3) is 0 Å². The van der Waals surface area contributed by atoms with E-state index in [1.807, 2.05) is 54.6 Å². The quantitative estimate of drug-likeness (QED) is 0.420. The molecule has 0 saturated carbocycles. The van der Waals surface area contributed by atoms with Crippen LogP contribution in [0.5, 0.6) is 0 Å². The third-order valence-electron chi connectivity index (χ3n) is 6.98. The van der Waals surface area contributed by atoms with E-state index in [1.54, 1.807) is 17.3 Å². The number of alkyl halides is 3. The van der Waals surface area contributed by atoms with Gasteiger partial charge in [-0.3, -0.25) is 15.0 Å². The van der Waals surface area contributed by atoms with E-state index in [2.05, 4.69) is 20.5 Å². The van der Waals surface area contributed by atoms with Crippen LogP contribution in [0.4, 0.5) is 23.7 Å². The molecule has 2 aliphatic heterocycles. The molecule has 184 valence electrons. The minimum Gasteiger partial charge on any atom is -0.315 e. The zero-order valence-corrected chi connectivity index (χ0v) is 19.2. The van der Waals surface area contributed by atoms with Crippen molar-refractivity contribution in [1.82, 2.24) is 25.0 Å². The van der Waals surface area contributed by atoms with Crippen molar-refractivity contribution in [3.8, 4) is 11.3 Å². The number of urea groups is 1. The van der Waals surface area contributed by atoms with Crippen LogP contribution in [0.1, 0.15) is 17.0 Å². The molecule has 4 aromatic rings. The number of fused-ring (bicyclic) bond motifs is 2. The van der Waals surface area contributed by atoms with Gasteiger partial charge in [-0.05, 0) is 35.4 Å². The Balaban J connectivity index is 1.35. The summed E-state index contributed by atoms with van der Waals surface area (Å²) >= 11 is 0. The summed E-state index contributed by atoms with van der Waals surface area (Å²) in [5, 5.41) is 11.3. The molecule has 10 heteroatoms. The molecule has 2 atom stereocenters. The van der Waals surface area contributed by atoms with Gasteiger partial charge in [-0.15, -0.1) is 0 Å². The molecule has 0 aliphatic carbocycles. The average Bonchev–Trinajstić information content (AvgIpc) is 3.46. The largest absolute Gasteiger partial charge is 0.401 e. The fourth-order valence-corrected chi connectivity index (χ4v) is 5.39. The number of likely N-dealkylation sites (tertiary alicyclic amines) is 1. The van der Waals surface area contributed by atoms with Gasteiger partial charge in [0.15, 0.2) is 0 Å². The highest BCUT2D eigenvalue weighted by Crippen LogP contribution is 2.38. The number of carbonyl (C=O) groups is 1. The first-order valence-electron chi connectivity index (χ1n) is 11.7. The van der Waals surface area contributed by atoms with Crippen LogP contribution in [-0.2, 0) is 6.54 Å². The molecule has 2 unspecified atom stereocenters. The first-order chi connectivity index (χ1) is 17.4. The number of anilines is 1. The molecule has 2 aromatic heterocycles. The van der Waals surface area contributed by atoms with Gasteiger partial charge in [0, 0.05) is 54.6 Å². The maximum atomic E-state index is 13.2. The summed E-state index contributed by atoms with van der Waals surface area (Å²) in [4.78, 5) is 20.3. The lowest BCUT2D eigenvalue weighted by Crippen LogP contribution is -2.48. The number of aromatic amines is 1. The number of hydrogen-bond donors (Lipinski definition) is 2. The van der Waals surface area contributed by atoms with Gasteiger partial charge in [0.05, 0.1) is 18.1 Å². The zero-order valence-electron chi connectivity index (χ0n) is 19.2. The normalized spacial score (nSPS) is 20.5. The maximum Gasteiger partial charge on any atom is 0.401 e. The van der Waals surface area contributed by atoms with E-state index in [1.165, 1.54) is 4.90 Å². The minimum absolute atomic E-state index is 0.151. The van der Waals surface area contributed by atoms with E-state index in [0.29, 0.717) is 12.2 Å². The predicted octanol–water partition coefficient (Wildman–Crippen LogP) is 5.00. The SMILES string of the molecule is O=C1Nc2cc3[nH]nc(-c4ccncc4)c3cc2CN1C1CN(CC(F)(F)F)CC1c1ccccc1. The fourth-order valence-electron chi connectivity index (χ4n) is 5.39. The van der Waals surface area contributed by atoms with E-state index in [9.17, 15) is 18.0 Å². The van der Waals surface area contributed by atoms with Crippen LogP contribution in [0.2, 0.25) is 0 Å². The molecule has 6 rings (SSSR count). The van der Waals surface area contributed by atoms with Crippen LogP contribution in [0.25, 0.3) is 22.2 Å². The Morgan fingerprint density at radius 2 is 1.81 bits per heavy atom. The van der Waals surface area contributed by atoms with Gasteiger partial charge in [0.1, 0.15) is 5.69 Å². The lowest BCUT2D eigenvalue weighted by atomic mass is 9.92. The monoisotopic (exact) mass is 492 g/mol. The van der Waals surface area contributed by atoms with Crippen molar-refractivity contribution in [3.63, 3.8) is 0 Å². The average molecular weight is 493 g/mol. The van der Waals surface area contributed by atoms with E-state index >= 15 is 0 Å². The molecule has 2 aromatic carbocycles. The number of rotatable bonds is 4. The molecule has 7 nitrogen and oxygen atoms in total. The summed E-state index contributed by atoms with van der Waals surface area (Å²) in [6, 6.07) is 16.4. The van der Waals surface area contributed by atoms with Gasteiger partial charge < -0.3 is 10.2 Å². The van der Waals surface area contributed by atoms with E-state index < -0.39 is 18.8 Å². The topological polar surface area (TPSA) is 77.1 Å². The second-order valence-corrected chi connectivity index (χ2v) is 9.31. The molecular weight excluding hydrogens is 469 g/mol. The molecular formula is C26H23F3N6O. The number of benzene rings is 2. The van der Waals surface area contributed by atoms with Crippen molar-refractivity contribution >= 4 is 22.6 Å². The second kappa shape index (κ2) is 8.63. The predicted molar refractivity (Wildman–Crippen MR) is 129 cm³/mol. The summed E-state index contributed by atoms with van der Waals surface area (Å²) in [5.74, 6) is -0.231. The van der Waals surface area contributed by atoms with Crippen LogP contribution in [0.3, 0.4) is 0 Å². The smallest absolute Gasteiger partial charge is 0.315 e. The van der Waals surface area contributed by atoms with Gasteiger partial charge in [0.2, 0.25) is 0 Å². The minimum atomic E-state index is -4.30. The van der Waals surface area contributed by atoms with Crippen LogP contribution in [-0.4, -0.2) is 62.9 Å². The standard InChI is InChI=1S/C26H23F3N6O/c27-26(28,29)15-34-13-20(16-4-2-1-3-5-16)23(14-34)35-12-18-10-19-22(11-21(18)31-25(35)36)32-33-24(19)17-6-8-30-9-7-17/h1-11,20,23H,12-15H2,(H,31,36)(H,32,33). The number of nitrogens with one attached hydrogen (secondary N) is 2. The number of H-pyrrole nitrogens is 1. The Bertz CT molecular complexity index is 1410. The molecule has 0 spiro atoms. The van der Waals surface area contributed by atoms with Crippen LogP contribution in [0, 0.1) is 0 Å². The molecule has 4 heterocycles. The molecule has 36 heavy (non-hydrogen) atoms. The van der Waals surface area contributed by atoms with Crippen molar-refractivity contribution in [2.24, 2.45) is 0 Å². The molecule has 0 bridgehead atoms. The maximum absolute atomic E-state index is 13.2. The van der Waals surface area contributed by atoms with Gasteiger partial charge in [-0.1, -0.05) is 30.3 Å². The lowest BCUT2D eigenvalue weighted by molar-refractivity contribution is -0.143. The third kappa shape index (κ3) is 4.17. The van der Waals surface area contributed by atoms with Crippen LogP contribution < -0.4 is 5.32 Å². The van der Waals surface area contributed by atoms with Gasteiger partial charge >= 0.3 is 12.2 Å². The Labute approximate surface area is 204 Å². The Morgan fingerprint density at radius 3 is 2.56 bits per heavy atom. The Morgan fingerprint density at radius 1 is 1.03 bits per heavy atom. The summed E-state index contributed by atoms with van der Waals surface area (Å²) in [6.07, 6.45) is -0.900. The fraction of sp³-hybridized carbons (Fsp3) is 0.269. The lowest BCUT2D eigenvalue weighted by Gasteiger charge is -2.36. The summed E-state index contributed by atoms with van der Waals surface area (Å²) in [6.45, 7) is -0.314. The van der Waals surface area contributed by atoms with Crippen LogP contribution >= 0.6 is 0 Å². The molecule has 0 radical (unpaired) electrons. The van der Waals surface area contributed by atoms with Crippen molar-refractivity contribution in [3.05, 3.63) is 78.1 Å². The van der Waals surface area contributed by atoms with Crippen LogP contribution in [0.15, 0.2) is 67.0 Å². The van der Waals surface area contributed by atoms with Gasteiger partial charge in [-0.2, -0.15) is 18.3 Å². The van der Waals surface area contributed by atoms with Gasteiger partial charge in [-0.25, -0.2) is 4.79 Å². The molecule has 2 N–H and O–H groups in total.